The molecule has 0 N–H and O–H groups in total. The first kappa shape index (κ1) is 31.9. The van der Waals surface area contributed by atoms with Crippen molar-refractivity contribution in [2.45, 2.75) is 35.8 Å². The van der Waals surface area contributed by atoms with Crippen LogP contribution in [0.2, 0.25) is 9.36 Å². The number of fused-ring (bicyclic) bond motifs is 1. The van der Waals surface area contributed by atoms with Gasteiger partial charge in [0.15, 0.2) is 0 Å². The summed E-state index contributed by atoms with van der Waals surface area (Å²) in [5.74, 6) is 0.449. The van der Waals surface area contributed by atoms with Crippen LogP contribution in [0.4, 0.5) is 4.39 Å². The maximum Gasteiger partial charge on any atom is 1.00 e. The third-order valence-electron chi connectivity index (χ3n) is 6.72. The third kappa shape index (κ3) is 8.51. The summed E-state index contributed by atoms with van der Waals surface area (Å²) in [4.78, 5) is 17.0. The smallest absolute Gasteiger partial charge is 0.550 e. The zero-order chi connectivity index (χ0) is 27.4. The molecule has 0 saturated heterocycles. The van der Waals surface area contributed by atoms with E-state index in [1.54, 1.807) is 23.9 Å². The standard InChI is InChI=1S/C30H26Cl2FNO2S3.Na/c31-27-28-25(39-29(27)32)11-8-22(34-28)7-4-19-2-1-3-20(16-19)24(38-18-30(13-14-30)17-26(35)36)12-15-37-23-9-5-21(33)6-10-23;/h1-11,16,24H,12-15,17-18H2,(H,35,36);/q;+1/p-1/t24-;/m1./s1. The second-order valence-electron chi connectivity index (χ2n) is 9.72. The largest absolute Gasteiger partial charge is 1.00 e. The van der Waals surface area contributed by atoms with Crippen molar-refractivity contribution in [3.8, 4) is 0 Å². The molecule has 0 amide bonds. The topological polar surface area (TPSA) is 53.0 Å². The minimum absolute atomic E-state index is 0. The maximum atomic E-state index is 13.3. The molecule has 0 unspecified atom stereocenters. The summed E-state index contributed by atoms with van der Waals surface area (Å²) in [7, 11) is 0. The summed E-state index contributed by atoms with van der Waals surface area (Å²) in [6, 6.07) is 18.9. The van der Waals surface area contributed by atoms with Crippen LogP contribution < -0.4 is 34.7 Å². The van der Waals surface area contributed by atoms with Crippen molar-refractivity contribution in [3.05, 3.63) is 92.7 Å². The second-order valence-corrected chi connectivity index (χ2v) is 14.1. The number of nitrogens with zero attached hydrogens (tertiary/aromatic N) is 1. The van der Waals surface area contributed by atoms with E-state index in [0.717, 1.165) is 51.6 Å². The van der Waals surface area contributed by atoms with Crippen LogP contribution in [0.15, 0.2) is 65.6 Å². The van der Waals surface area contributed by atoms with Crippen molar-refractivity contribution < 1.29 is 43.8 Å². The van der Waals surface area contributed by atoms with E-state index in [1.807, 2.05) is 36.0 Å². The molecule has 5 rings (SSSR count). The third-order valence-corrected chi connectivity index (χ3v) is 11.4. The number of benzene rings is 2. The number of carboxylic acids is 1. The Balaban J connectivity index is 0.00000370. The Labute approximate surface area is 278 Å². The van der Waals surface area contributed by atoms with Crippen LogP contribution in [0.3, 0.4) is 0 Å². The Bertz CT molecular complexity index is 1510. The van der Waals surface area contributed by atoms with Crippen LogP contribution >= 0.6 is 58.1 Å². The molecule has 1 atom stereocenters. The normalized spacial score (nSPS) is 14.8. The molecule has 0 radical (unpaired) electrons. The van der Waals surface area contributed by atoms with Crippen LogP contribution in [-0.4, -0.2) is 22.5 Å². The molecule has 2 heterocycles. The number of thiophene rings is 1. The summed E-state index contributed by atoms with van der Waals surface area (Å²) in [5.41, 5.74) is 3.62. The summed E-state index contributed by atoms with van der Waals surface area (Å²) in [6.07, 6.45) is 6.89. The molecule has 1 saturated carbocycles. The first-order valence-corrected chi connectivity index (χ1v) is 16.1. The predicted octanol–water partition coefficient (Wildman–Crippen LogP) is 5.79. The van der Waals surface area contributed by atoms with E-state index in [0.29, 0.717) is 14.9 Å². The molecule has 0 spiro atoms. The number of halogens is 3. The van der Waals surface area contributed by atoms with Gasteiger partial charge < -0.3 is 9.90 Å². The zero-order valence-electron chi connectivity index (χ0n) is 21.9. The number of carbonyl (C=O) groups excluding carboxylic acids is 1. The fourth-order valence-electron chi connectivity index (χ4n) is 4.37. The van der Waals surface area contributed by atoms with Crippen LogP contribution in [0, 0.1) is 11.2 Å². The average molecular weight is 641 g/mol. The molecule has 4 aromatic rings. The van der Waals surface area contributed by atoms with Gasteiger partial charge in [-0.3, -0.25) is 0 Å². The number of pyridine rings is 1. The molecule has 10 heteroatoms. The minimum atomic E-state index is -0.971. The van der Waals surface area contributed by atoms with Crippen molar-refractivity contribution in [2.24, 2.45) is 5.41 Å². The van der Waals surface area contributed by atoms with E-state index in [1.165, 1.54) is 29.0 Å². The van der Waals surface area contributed by atoms with E-state index in [2.05, 4.69) is 29.2 Å². The van der Waals surface area contributed by atoms with Gasteiger partial charge in [-0.1, -0.05) is 53.5 Å². The monoisotopic (exact) mass is 639 g/mol. The van der Waals surface area contributed by atoms with Crippen molar-refractivity contribution in [1.82, 2.24) is 4.98 Å². The molecule has 2 aromatic heterocycles. The first-order valence-electron chi connectivity index (χ1n) is 12.5. The van der Waals surface area contributed by atoms with E-state index in [-0.39, 0.29) is 52.5 Å². The maximum absolute atomic E-state index is 13.3. The van der Waals surface area contributed by atoms with Crippen LogP contribution in [0.25, 0.3) is 22.4 Å². The molecule has 2 aromatic carbocycles. The molecule has 202 valence electrons. The van der Waals surface area contributed by atoms with Crippen molar-refractivity contribution in [2.75, 3.05) is 11.5 Å². The molecule has 1 fully saturated rings. The summed E-state index contributed by atoms with van der Waals surface area (Å²) in [6.45, 7) is 0. The fourth-order valence-corrected chi connectivity index (χ4v) is 8.42. The number of hydrogen-bond donors (Lipinski definition) is 0. The summed E-state index contributed by atoms with van der Waals surface area (Å²) in [5, 5.41) is 12.0. The van der Waals surface area contributed by atoms with E-state index >= 15 is 0 Å². The first-order chi connectivity index (χ1) is 18.8. The van der Waals surface area contributed by atoms with Gasteiger partial charge in [-0.25, -0.2) is 9.37 Å². The molecule has 3 nitrogen and oxygen atoms in total. The molecular formula is C30H25Cl2FNNaO2S3. The van der Waals surface area contributed by atoms with Gasteiger partial charge >= 0.3 is 29.6 Å². The number of thioether (sulfide) groups is 2. The van der Waals surface area contributed by atoms with Crippen LogP contribution in [0.1, 0.15) is 47.8 Å². The Morgan fingerprint density at radius 1 is 1.12 bits per heavy atom. The van der Waals surface area contributed by atoms with Gasteiger partial charge in [0.2, 0.25) is 0 Å². The van der Waals surface area contributed by atoms with Crippen LogP contribution in [0.5, 0.6) is 0 Å². The summed E-state index contributed by atoms with van der Waals surface area (Å²) < 4.78 is 14.8. The van der Waals surface area contributed by atoms with E-state index in [4.69, 9.17) is 23.2 Å². The number of carbonyl (C=O) groups is 1. The Hall–Kier alpha value is -1.03. The Morgan fingerprint density at radius 3 is 2.62 bits per heavy atom. The fraction of sp³-hybridized carbons (Fsp3) is 0.267. The SMILES string of the molecule is O=C([O-])CC1(CS[C@H](CCSc2ccc(F)cc2)c2cccc(C=Cc3ccc4sc(Cl)c(Cl)c4n3)c2)CC1.[Na+]. The number of aromatic nitrogens is 1. The Kier molecular flexibility index (Phi) is 11.5. The molecule has 0 aliphatic heterocycles. The number of carboxylic acid groups (broad SMARTS) is 1. The molecule has 0 bridgehead atoms. The van der Waals surface area contributed by atoms with Gasteiger partial charge in [-0.2, -0.15) is 11.8 Å². The van der Waals surface area contributed by atoms with Crippen molar-refractivity contribution in [1.29, 1.82) is 0 Å². The zero-order valence-corrected chi connectivity index (χ0v) is 27.8. The van der Waals surface area contributed by atoms with Gasteiger partial charge in [0.05, 0.1) is 15.4 Å². The van der Waals surface area contributed by atoms with Gasteiger partial charge in [0.25, 0.3) is 0 Å². The quantitative estimate of drug-likeness (QED) is 0.145. The second kappa shape index (κ2) is 14.4. The Morgan fingerprint density at radius 2 is 1.90 bits per heavy atom. The summed E-state index contributed by atoms with van der Waals surface area (Å²) >= 11 is 17.4. The number of hydrogen-bond acceptors (Lipinski definition) is 6. The molecule has 1 aliphatic rings. The number of aliphatic carboxylic acids is 1. The van der Waals surface area contributed by atoms with E-state index < -0.39 is 5.97 Å². The average Bonchev–Trinajstić information content (AvgIpc) is 3.62. The van der Waals surface area contributed by atoms with Crippen molar-refractivity contribution in [3.63, 3.8) is 0 Å². The van der Waals surface area contributed by atoms with E-state index in [9.17, 15) is 14.3 Å². The van der Waals surface area contributed by atoms with Gasteiger partial charge in [0, 0.05) is 16.1 Å². The molecule has 40 heavy (non-hydrogen) atoms. The predicted molar refractivity (Wildman–Crippen MR) is 163 cm³/mol. The minimum Gasteiger partial charge on any atom is -0.550 e. The van der Waals surface area contributed by atoms with Crippen LogP contribution in [-0.2, 0) is 4.79 Å². The van der Waals surface area contributed by atoms with Gasteiger partial charge in [-0.05, 0) is 96.2 Å². The molecule has 1 aliphatic carbocycles. The van der Waals surface area contributed by atoms with Gasteiger partial charge in [-0.15, -0.1) is 23.1 Å². The number of rotatable bonds is 12. The van der Waals surface area contributed by atoms with Gasteiger partial charge in [0.1, 0.15) is 15.7 Å². The molecular weight excluding hydrogens is 615 g/mol. The van der Waals surface area contributed by atoms with Crippen molar-refractivity contribution >= 4 is 86.4 Å².